The summed E-state index contributed by atoms with van der Waals surface area (Å²) in [5.41, 5.74) is 0. The number of aryl methyl sites for hydroxylation is 1. The summed E-state index contributed by atoms with van der Waals surface area (Å²) in [6.07, 6.45) is 2.23. The van der Waals surface area contributed by atoms with Crippen LogP contribution in [0.1, 0.15) is 5.82 Å². The quantitative estimate of drug-likeness (QED) is 0.650. The van der Waals surface area contributed by atoms with Gasteiger partial charge in [-0.05, 0) is 6.92 Å². The van der Waals surface area contributed by atoms with Gasteiger partial charge in [0.1, 0.15) is 28.6 Å². The molecule has 1 aliphatic rings. The Kier molecular flexibility index (Phi) is 5.46. The number of anilines is 2. The molecule has 3 heterocycles. The van der Waals surface area contributed by atoms with Crippen molar-refractivity contribution in [2.24, 2.45) is 0 Å². The van der Waals surface area contributed by atoms with Crippen molar-refractivity contribution in [1.29, 1.82) is 0 Å². The topological polar surface area (TPSA) is 122 Å². The summed E-state index contributed by atoms with van der Waals surface area (Å²) in [5.74, 6) is 2.14. The van der Waals surface area contributed by atoms with Gasteiger partial charge in [0.15, 0.2) is 0 Å². The van der Waals surface area contributed by atoms with Crippen LogP contribution < -0.4 is 14.9 Å². The molecule has 10 nitrogen and oxygen atoms in total. The Labute approximate surface area is 145 Å². The molecule has 1 aliphatic heterocycles. The first kappa shape index (κ1) is 17.6. The van der Waals surface area contributed by atoms with Gasteiger partial charge in [-0.25, -0.2) is 23.1 Å². The minimum absolute atomic E-state index is 0.0000146. The highest BCUT2D eigenvalue weighted by molar-refractivity contribution is 7.89. The first-order chi connectivity index (χ1) is 12.0. The van der Waals surface area contributed by atoms with Gasteiger partial charge in [-0.3, -0.25) is 0 Å². The summed E-state index contributed by atoms with van der Waals surface area (Å²) in [7, 11) is -3.61. The van der Waals surface area contributed by atoms with Gasteiger partial charge in [0, 0.05) is 32.2 Å². The minimum Gasteiger partial charge on any atom is -0.378 e. The molecule has 0 aromatic carbocycles. The molecule has 1 saturated heterocycles. The van der Waals surface area contributed by atoms with Crippen LogP contribution in [-0.2, 0) is 14.8 Å². The molecule has 25 heavy (non-hydrogen) atoms. The van der Waals surface area contributed by atoms with Gasteiger partial charge in [-0.1, -0.05) is 5.16 Å². The molecule has 2 N–H and O–H groups in total. The zero-order valence-electron chi connectivity index (χ0n) is 13.8. The molecule has 3 rings (SSSR count). The number of hydrogen-bond acceptors (Lipinski definition) is 9. The van der Waals surface area contributed by atoms with Crippen molar-refractivity contribution in [3.63, 3.8) is 0 Å². The predicted molar refractivity (Wildman–Crippen MR) is 90.0 cm³/mol. The number of hydrogen-bond donors (Lipinski definition) is 2. The average Bonchev–Trinajstić information content (AvgIpc) is 3.15. The molecule has 11 heteroatoms. The second-order valence-electron chi connectivity index (χ2n) is 5.44. The number of rotatable bonds is 7. The molecule has 0 radical (unpaired) electrons. The summed E-state index contributed by atoms with van der Waals surface area (Å²) < 4.78 is 36.2. The lowest BCUT2D eigenvalue weighted by molar-refractivity contribution is 0.122. The molecule has 0 unspecified atom stereocenters. The predicted octanol–water partition coefficient (Wildman–Crippen LogP) is 0.0000200. The van der Waals surface area contributed by atoms with Crippen LogP contribution >= 0.6 is 0 Å². The molecule has 0 spiro atoms. The highest BCUT2D eigenvalue weighted by Crippen LogP contribution is 2.17. The fourth-order valence-corrected chi connectivity index (χ4v) is 3.27. The Hall–Kier alpha value is -2.24. The lowest BCUT2D eigenvalue weighted by Crippen LogP contribution is -2.37. The van der Waals surface area contributed by atoms with Crippen LogP contribution in [0.2, 0.25) is 0 Å². The summed E-state index contributed by atoms with van der Waals surface area (Å²) in [6, 6.07) is 1.85. The van der Waals surface area contributed by atoms with Crippen molar-refractivity contribution >= 4 is 21.7 Å². The maximum absolute atomic E-state index is 11.9. The number of nitrogens with zero attached hydrogens (tertiary/aromatic N) is 4. The molecular weight excluding hydrogens is 348 g/mol. The molecule has 136 valence electrons. The lowest BCUT2D eigenvalue weighted by atomic mass is 10.4. The molecule has 0 saturated carbocycles. The molecule has 0 aliphatic carbocycles. The SMILES string of the molecule is Cc1nc(NCCNS(=O)(=O)c2cnoc2)cc(N2CCOCC2)n1. The van der Waals surface area contributed by atoms with Gasteiger partial charge in [-0.2, -0.15) is 0 Å². The largest absolute Gasteiger partial charge is 0.378 e. The summed E-state index contributed by atoms with van der Waals surface area (Å²) in [6.45, 7) is 5.33. The van der Waals surface area contributed by atoms with E-state index in [1.165, 1.54) is 0 Å². The van der Waals surface area contributed by atoms with Crippen molar-refractivity contribution < 1.29 is 17.7 Å². The fourth-order valence-electron chi connectivity index (χ4n) is 2.38. The van der Waals surface area contributed by atoms with Gasteiger partial charge in [-0.15, -0.1) is 0 Å². The number of morpholine rings is 1. The van der Waals surface area contributed by atoms with E-state index in [9.17, 15) is 8.42 Å². The van der Waals surface area contributed by atoms with Crippen molar-refractivity contribution in [3.05, 3.63) is 24.4 Å². The van der Waals surface area contributed by atoms with E-state index in [4.69, 9.17) is 4.74 Å². The standard InChI is InChI=1S/C14H20N6O4S/c1-11-18-13(8-14(19-11)20-4-6-23-7-5-20)15-2-3-17-25(21,22)12-9-16-24-10-12/h8-10,17H,2-7H2,1H3,(H,15,18,19). The Bertz CT molecular complexity index is 790. The van der Waals surface area contributed by atoms with Crippen LogP contribution in [0.25, 0.3) is 0 Å². The van der Waals surface area contributed by atoms with Crippen molar-refractivity contribution in [3.8, 4) is 0 Å². The van der Waals surface area contributed by atoms with Gasteiger partial charge in [0.25, 0.3) is 0 Å². The van der Waals surface area contributed by atoms with Crippen molar-refractivity contribution in [1.82, 2.24) is 19.8 Å². The smallest absolute Gasteiger partial charge is 0.245 e. The van der Waals surface area contributed by atoms with E-state index in [0.717, 1.165) is 31.4 Å². The average molecular weight is 368 g/mol. The van der Waals surface area contributed by atoms with Crippen LogP contribution in [0.5, 0.6) is 0 Å². The van der Waals surface area contributed by atoms with Crippen LogP contribution in [-0.4, -0.2) is 62.9 Å². The second kappa shape index (κ2) is 7.76. The van der Waals surface area contributed by atoms with E-state index in [1.54, 1.807) is 0 Å². The van der Waals surface area contributed by atoms with Crippen LogP contribution in [0.4, 0.5) is 11.6 Å². The first-order valence-electron chi connectivity index (χ1n) is 7.86. The zero-order valence-corrected chi connectivity index (χ0v) is 14.6. The van der Waals surface area contributed by atoms with Crippen molar-refractivity contribution in [2.45, 2.75) is 11.8 Å². The lowest BCUT2D eigenvalue weighted by Gasteiger charge is -2.28. The summed E-state index contributed by atoms with van der Waals surface area (Å²) in [4.78, 5) is 10.9. The van der Waals surface area contributed by atoms with E-state index in [0.29, 0.717) is 31.4 Å². The summed E-state index contributed by atoms with van der Waals surface area (Å²) in [5, 5.41) is 6.50. The first-order valence-corrected chi connectivity index (χ1v) is 9.34. The van der Waals surface area contributed by atoms with E-state index in [2.05, 4.69) is 34.6 Å². The molecule has 2 aromatic heterocycles. The van der Waals surface area contributed by atoms with Gasteiger partial charge < -0.3 is 19.5 Å². The van der Waals surface area contributed by atoms with E-state index >= 15 is 0 Å². The minimum atomic E-state index is -3.61. The van der Waals surface area contributed by atoms with Gasteiger partial charge in [0.05, 0.1) is 19.4 Å². The fraction of sp³-hybridized carbons (Fsp3) is 0.500. The third-order valence-corrected chi connectivity index (χ3v) is 5.01. The summed E-state index contributed by atoms with van der Waals surface area (Å²) >= 11 is 0. The van der Waals surface area contributed by atoms with Crippen LogP contribution in [0.15, 0.2) is 27.9 Å². The van der Waals surface area contributed by atoms with Crippen molar-refractivity contribution in [2.75, 3.05) is 49.6 Å². The van der Waals surface area contributed by atoms with Crippen LogP contribution in [0, 0.1) is 6.92 Å². The third kappa shape index (κ3) is 4.65. The maximum Gasteiger partial charge on any atom is 0.245 e. The van der Waals surface area contributed by atoms with Crippen LogP contribution in [0.3, 0.4) is 0 Å². The number of aromatic nitrogens is 3. The zero-order chi connectivity index (χ0) is 17.7. The maximum atomic E-state index is 11.9. The molecule has 0 atom stereocenters. The van der Waals surface area contributed by atoms with E-state index in [1.807, 2.05) is 13.0 Å². The number of ether oxygens (including phenoxy) is 1. The Balaban J connectivity index is 1.55. The number of sulfonamides is 1. The molecule has 0 bridgehead atoms. The Morgan fingerprint density at radius 1 is 1.24 bits per heavy atom. The number of nitrogens with one attached hydrogen (secondary N) is 2. The molecule has 2 aromatic rings. The van der Waals surface area contributed by atoms with E-state index < -0.39 is 10.0 Å². The van der Waals surface area contributed by atoms with Gasteiger partial charge in [0.2, 0.25) is 10.0 Å². The Morgan fingerprint density at radius 3 is 2.76 bits per heavy atom. The molecule has 0 amide bonds. The molecular formula is C14H20N6O4S. The normalized spacial score (nSPS) is 15.3. The molecule has 1 fully saturated rings. The van der Waals surface area contributed by atoms with Gasteiger partial charge >= 0.3 is 0 Å². The monoisotopic (exact) mass is 368 g/mol. The highest BCUT2D eigenvalue weighted by Gasteiger charge is 2.16. The highest BCUT2D eigenvalue weighted by atomic mass is 32.2. The van der Waals surface area contributed by atoms with E-state index in [-0.39, 0.29) is 11.4 Å². The Morgan fingerprint density at radius 2 is 2.04 bits per heavy atom. The second-order valence-corrected chi connectivity index (χ2v) is 7.21. The third-order valence-electron chi connectivity index (χ3n) is 3.60.